The van der Waals surface area contributed by atoms with E-state index in [0.717, 1.165) is 96.6 Å². The molecule has 0 unspecified atom stereocenters. The molecule has 0 radical (unpaired) electrons. The number of para-hydroxylation sites is 1. The number of β-amino-alcohol motifs (C(OH)–C–C–N with tert-alkyl or cyclic N) is 1. The molecule has 202 valence electrons. The molecule has 1 N–H and O–H groups in total. The van der Waals surface area contributed by atoms with Crippen molar-refractivity contribution in [2.45, 2.75) is 18.6 Å². The van der Waals surface area contributed by atoms with Crippen LogP contribution < -0.4 is 14.4 Å². The van der Waals surface area contributed by atoms with Gasteiger partial charge in [-0.1, -0.05) is 24.3 Å². The highest BCUT2D eigenvalue weighted by Gasteiger charge is 2.38. The van der Waals surface area contributed by atoms with E-state index in [1.165, 1.54) is 11.3 Å². The van der Waals surface area contributed by atoms with Crippen LogP contribution in [0.25, 0.3) is 0 Å². The highest BCUT2D eigenvalue weighted by Crippen LogP contribution is 2.30. The third-order valence-corrected chi connectivity index (χ3v) is 7.83. The maximum Gasteiger partial charge on any atom is 0.161 e. The van der Waals surface area contributed by atoms with Gasteiger partial charge in [0.25, 0.3) is 0 Å². The third-order valence-electron chi connectivity index (χ3n) is 7.83. The number of ether oxygens (including phenoxy) is 3. The summed E-state index contributed by atoms with van der Waals surface area (Å²) in [6, 6.07) is 16.8. The van der Waals surface area contributed by atoms with E-state index in [0.29, 0.717) is 13.2 Å². The lowest BCUT2D eigenvalue weighted by atomic mass is 10.0. The van der Waals surface area contributed by atoms with E-state index in [2.05, 4.69) is 62.1 Å². The fraction of sp³-hybridized carbons (Fsp3) is 0.586. The Hall–Kier alpha value is -2.36. The first-order valence-electron chi connectivity index (χ1n) is 13.7. The van der Waals surface area contributed by atoms with Gasteiger partial charge in [0.05, 0.1) is 25.9 Å². The predicted molar refractivity (Wildman–Crippen MR) is 146 cm³/mol. The molecular weight excluding hydrogens is 468 g/mol. The summed E-state index contributed by atoms with van der Waals surface area (Å²) < 4.78 is 17.1. The van der Waals surface area contributed by atoms with Gasteiger partial charge in [0, 0.05) is 77.7 Å². The topological polar surface area (TPSA) is 60.9 Å². The zero-order chi connectivity index (χ0) is 25.5. The predicted octanol–water partition coefficient (Wildman–Crippen LogP) is 2.17. The lowest BCUT2D eigenvalue weighted by Gasteiger charge is -2.39. The van der Waals surface area contributed by atoms with Gasteiger partial charge in [-0.3, -0.25) is 14.7 Å². The number of piperazine rings is 1. The maximum absolute atomic E-state index is 11.4. The van der Waals surface area contributed by atoms with E-state index in [1.807, 2.05) is 6.07 Å². The Morgan fingerprint density at radius 2 is 1.65 bits per heavy atom. The van der Waals surface area contributed by atoms with Gasteiger partial charge in [-0.15, -0.1) is 0 Å². The van der Waals surface area contributed by atoms with Crippen LogP contribution >= 0.6 is 0 Å². The van der Waals surface area contributed by atoms with Gasteiger partial charge in [-0.25, -0.2) is 0 Å². The molecule has 1 atom stereocenters. The monoisotopic (exact) mass is 510 g/mol. The largest absolute Gasteiger partial charge is 0.493 e. The Morgan fingerprint density at radius 1 is 0.865 bits per heavy atom. The van der Waals surface area contributed by atoms with Crippen molar-refractivity contribution in [3.8, 4) is 11.5 Å². The minimum absolute atomic E-state index is 0.633. The molecule has 3 saturated heterocycles. The van der Waals surface area contributed by atoms with Crippen LogP contribution in [0.3, 0.4) is 0 Å². The van der Waals surface area contributed by atoms with Gasteiger partial charge in [0.15, 0.2) is 11.5 Å². The van der Waals surface area contributed by atoms with Crippen LogP contribution in [0.4, 0.5) is 5.69 Å². The minimum atomic E-state index is -0.651. The first-order chi connectivity index (χ1) is 18.1. The Labute approximate surface area is 221 Å². The molecule has 0 aromatic heterocycles. The van der Waals surface area contributed by atoms with Crippen LogP contribution in [0.5, 0.6) is 11.5 Å². The molecule has 37 heavy (non-hydrogen) atoms. The minimum Gasteiger partial charge on any atom is -0.493 e. The van der Waals surface area contributed by atoms with Crippen LogP contribution in [-0.4, -0.2) is 118 Å². The zero-order valence-electron chi connectivity index (χ0n) is 22.2. The zero-order valence-corrected chi connectivity index (χ0v) is 22.2. The number of hydrogen-bond acceptors (Lipinski definition) is 8. The van der Waals surface area contributed by atoms with Crippen molar-refractivity contribution in [1.29, 1.82) is 0 Å². The molecule has 2 aromatic rings. The van der Waals surface area contributed by atoms with Gasteiger partial charge in [-0.05, 0) is 36.2 Å². The van der Waals surface area contributed by atoms with E-state index < -0.39 is 5.60 Å². The summed E-state index contributed by atoms with van der Waals surface area (Å²) >= 11 is 0. The molecule has 3 aliphatic heterocycles. The van der Waals surface area contributed by atoms with Crippen molar-refractivity contribution in [2.24, 2.45) is 0 Å². The van der Waals surface area contributed by atoms with Crippen molar-refractivity contribution in [3.05, 3.63) is 54.1 Å². The summed E-state index contributed by atoms with van der Waals surface area (Å²) in [7, 11) is 1.69. The van der Waals surface area contributed by atoms with Gasteiger partial charge in [0.2, 0.25) is 0 Å². The quantitative estimate of drug-likeness (QED) is 0.522. The van der Waals surface area contributed by atoms with E-state index in [9.17, 15) is 5.11 Å². The molecule has 3 aliphatic rings. The maximum atomic E-state index is 11.4. The molecule has 0 spiro atoms. The van der Waals surface area contributed by atoms with E-state index in [4.69, 9.17) is 14.2 Å². The number of morpholine rings is 1. The number of methoxy groups -OCH3 is 1. The van der Waals surface area contributed by atoms with Crippen molar-refractivity contribution >= 4 is 5.69 Å². The first kappa shape index (κ1) is 26.3. The molecule has 0 amide bonds. The number of benzene rings is 2. The Morgan fingerprint density at radius 3 is 2.41 bits per heavy atom. The second-order valence-corrected chi connectivity index (χ2v) is 10.6. The lowest BCUT2D eigenvalue weighted by Crippen LogP contribution is -2.52. The Kier molecular flexibility index (Phi) is 8.84. The summed E-state index contributed by atoms with van der Waals surface area (Å²) in [5.74, 6) is 1.55. The summed E-state index contributed by atoms with van der Waals surface area (Å²) in [5, 5.41) is 11.4. The number of anilines is 1. The van der Waals surface area contributed by atoms with Crippen molar-refractivity contribution in [1.82, 2.24) is 14.7 Å². The Balaban J connectivity index is 1.08. The van der Waals surface area contributed by atoms with Crippen LogP contribution in [-0.2, 0) is 11.3 Å². The highest BCUT2D eigenvalue weighted by molar-refractivity contribution is 5.46. The molecule has 0 aliphatic carbocycles. The summed E-state index contributed by atoms with van der Waals surface area (Å²) in [4.78, 5) is 9.58. The van der Waals surface area contributed by atoms with Crippen molar-refractivity contribution in [2.75, 3.05) is 97.3 Å². The standard InChI is InChI=1S/C29H42N4O4/c1-35-28-21-25(7-8-27(28)37-20-17-30-15-18-36-19-16-30)22-32-10-9-29(34,24-32)23-31-11-13-33(14-12-31)26-5-3-2-4-6-26/h2-8,21,34H,9-20,22-24H2,1H3/t29-/m0/s1. The van der Waals surface area contributed by atoms with Crippen LogP contribution in [0.2, 0.25) is 0 Å². The van der Waals surface area contributed by atoms with E-state index >= 15 is 0 Å². The summed E-state index contributed by atoms with van der Waals surface area (Å²) in [6.07, 6.45) is 0.811. The lowest BCUT2D eigenvalue weighted by molar-refractivity contribution is 0.00978. The molecule has 3 heterocycles. The fourth-order valence-electron chi connectivity index (χ4n) is 5.72. The molecule has 0 bridgehead atoms. The normalized spacial score (nSPS) is 23.9. The number of likely N-dealkylation sites (tertiary alicyclic amines) is 1. The molecule has 2 aromatic carbocycles. The molecule has 8 heteroatoms. The molecule has 5 rings (SSSR count). The number of aliphatic hydroxyl groups is 1. The van der Waals surface area contributed by atoms with Gasteiger partial charge in [-0.2, -0.15) is 0 Å². The second-order valence-electron chi connectivity index (χ2n) is 10.6. The molecule has 3 fully saturated rings. The summed E-state index contributed by atoms with van der Waals surface area (Å²) in [5.41, 5.74) is 1.82. The second kappa shape index (κ2) is 12.5. The van der Waals surface area contributed by atoms with Crippen molar-refractivity contribution < 1.29 is 19.3 Å². The molecule has 8 nitrogen and oxygen atoms in total. The first-order valence-corrected chi connectivity index (χ1v) is 13.7. The Bertz CT molecular complexity index is 979. The summed E-state index contributed by atoms with van der Waals surface area (Å²) in [6.45, 7) is 12.2. The number of nitrogens with zero attached hydrogens (tertiary/aromatic N) is 4. The van der Waals surface area contributed by atoms with Crippen molar-refractivity contribution in [3.63, 3.8) is 0 Å². The smallest absolute Gasteiger partial charge is 0.161 e. The average molecular weight is 511 g/mol. The van der Waals surface area contributed by atoms with Gasteiger partial charge in [0.1, 0.15) is 6.61 Å². The van der Waals surface area contributed by atoms with Crippen LogP contribution in [0.15, 0.2) is 48.5 Å². The fourth-order valence-corrected chi connectivity index (χ4v) is 5.72. The highest BCUT2D eigenvalue weighted by atomic mass is 16.5. The average Bonchev–Trinajstić information content (AvgIpc) is 3.30. The van der Waals surface area contributed by atoms with Crippen LogP contribution in [0.1, 0.15) is 12.0 Å². The number of hydrogen-bond donors (Lipinski definition) is 1. The molecular formula is C29H42N4O4. The van der Waals surface area contributed by atoms with Gasteiger partial charge >= 0.3 is 0 Å². The van der Waals surface area contributed by atoms with Crippen LogP contribution in [0, 0.1) is 0 Å². The van der Waals surface area contributed by atoms with E-state index in [-0.39, 0.29) is 0 Å². The third kappa shape index (κ3) is 7.15. The van der Waals surface area contributed by atoms with Gasteiger partial charge < -0.3 is 24.2 Å². The molecule has 0 saturated carbocycles. The SMILES string of the molecule is COc1cc(CN2CC[C@](O)(CN3CCN(c4ccccc4)CC3)C2)ccc1OCCN1CCOCC1. The van der Waals surface area contributed by atoms with E-state index in [1.54, 1.807) is 7.11 Å². The number of rotatable bonds is 10.